The zero-order valence-electron chi connectivity index (χ0n) is 19.5. The quantitative estimate of drug-likeness (QED) is 0.427. The Labute approximate surface area is 199 Å². The number of carbonyl (C=O) groups is 1. The van der Waals surface area contributed by atoms with Crippen LogP contribution in [0.5, 0.6) is 5.75 Å². The van der Waals surface area contributed by atoms with Crippen LogP contribution in [0.3, 0.4) is 0 Å². The lowest BCUT2D eigenvalue weighted by Gasteiger charge is -2.21. The van der Waals surface area contributed by atoms with Gasteiger partial charge >= 0.3 is 0 Å². The molecule has 0 unspecified atom stereocenters. The highest BCUT2D eigenvalue weighted by atomic mass is 32.2. The third kappa shape index (κ3) is 7.03. The van der Waals surface area contributed by atoms with Crippen LogP contribution in [0.1, 0.15) is 36.7 Å². The highest BCUT2D eigenvalue weighted by Crippen LogP contribution is 2.23. The lowest BCUT2D eigenvalue weighted by Crippen LogP contribution is -2.40. The van der Waals surface area contributed by atoms with Crippen molar-refractivity contribution in [1.29, 1.82) is 0 Å². The first-order chi connectivity index (χ1) is 15.9. The molecule has 0 atom stereocenters. The number of nitrogens with one attached hydrogen (secondary N) is 3. The van der Waals surface area contributed by atoms with Crippen LogP contribution >= 0.6 is 0 Å². The fraction of sp³-hybridized carbons (Fsp3) is 0.240. The number of methoxy groups -OCH3 is 1. The minimum Gasteiger partial charge on any atom is -0.497 e. The molecule has 9 heteroatoms. The Balaban J connectivity index is 1.92. The van der Waals surface area contributed by atoms with Gasteiger partial charge in [-0.25, -0.2) is 17.5 Å². The molecule has 3 N–H and O–H groups in total. The van der Waals surface area contributed by atoms with Gasteiger partial charge in [-0.15, -0.1) is 0 Å². The maximum Gasteiger partial charge on any atom is 0.255 e. The number of hydrogen-bond acceptors (Lipinski definition) is 5. The third-order valence-electron chi connectivity index (χ3n) is 4.66. The van der Waals surface area contributed by atoms with Crippen molar-refractivity contribution in [2.24, 2.45) is 0 Å². The Morgan fingerprint density at radius 3 is 2.29 bits per heavy atom. The van der Waals surface area contributed by atoms with Crippen LogP contribution in [-0.2, 0) is 16.6 Å². The highest BCUT2D eigenvalue weighted by molar-refractivity contribution is 7.89. The average Bonchev–Trinajstić information content (AvgIpc) is 2.76. The predicted molar refractivity (Wildman–Crippen MR) is 131 cm³/mol. The van der Waals surface area contributed by atoms with Gasteiger partial charge in [-0.05, 0) is 74.9 Å². The highest BCUT2D eigenvalue weighted by Gasteiger charge is 2.24. The summed E-state index contributed by atoms with van der Waals surface area (Å²) in [6.07, 6.45) is 0. The third-order valence-corrected chi connectivity index (χ3v) is 6.40. The van der Waals surface area contributed by atoms with Crippen molar-refractivity contribution < 1.29 is 22.3 Å². The van der Waals surface area contributed by atoms with Crippen molar-refractivity contribution in [3.8, 4) is 5.75 Å². The smallest absolute Gasteiger partial charge is 0.255 e. The van der Waals surface area contributed by atoms with Crippen molar-refractivity contribution in [3.05, 3.63) is 83.7 Å². The summed E-state index contributed by atoms with van der Waals surface area (Å²) < 4.78 is 47.3. The zero-order chi connectivity index (χ0) is 24.9. The van der Waals surface area contributed by atoms with E-state index in [0.29, 0.717) is 12.2 Å². The van der Waals surface area contributed by atoms with Gasteiger partial charge in [-0.3, -0.25) is 4.79 Å². The fourth-order valence-corrected chi connectivity index (χ4v) is 4.65. The number of benzene rings is 3. The minimum absolute atomic E-state index is 0.0634. The van der Waals surface area contributed by atoms with E-state index >= 15 is 0 Å². The van der Waals surface area contributed by atoms with Gasteiger partial charge in [0.2, 0.25) is 10.0 Å². The van der Waals surface area contributed by atoms with Gasteiger partial charge < -0.3 is 15.4 Å². The summed E-state index contributed by atoms with van der Waals surface area (Å²) in [5.41, 5.74) is 1.04. The van der Waals surface area contributed by atoms with E-state index in [1.165, 1.54) is 30.3 Å². The number of ether oxygens (including phenoxy) is 1. The van der Waals surface area contributed by atoms with Gasteiger partial charge in [-0.1, -0.05) is 18.2 Å². The lowest BCUT2D eigenvalue weighted by atomic mass is 10.1. The maximum atomic E-state index is 13.5. The average molecular weight is 486 g/mol. The van der Waals surface area contributed by atoms with E-state index in [1.807, 2.05) is 24.3 Å². The van der Waals surface area contributed by atoms with Crippen LogP contribution in [0, 0.1) is 5.82 Å². The van der Waals surface area contributed by atoms with Crippen LogP contribution in [0.15, 0.2) is 71.6 Å². The maximum absolute atomic E-state index is 13.5. The van der Waals surface area contributed by atoms with E-state index in [2.05, 4.69) is 15.4 Å². The van der Waals surface area contributed by atoms with Crippen LogP contribution in [-0.4, -0.2) is 27.0 Å². The second-order valence-electron chi connectivity index (χ2n) is 8.77. The van der Waals surface area contributed by atoms with Gasteiger partial charge in [0, 0.05) is 29.0 Å². The topological polar surface area (TPSA) is 96.5 Å². The molecule has 0 heterocycles. The van der Waals surface area contributed by atoms with Crippen molar-refractivity contribution in [2.75, 3.05) is 17.7 Å². The fourth-order valence-electron chi connectivity index (χ4n) is 3.17. The molecule has 1 amide bonds. The van der Waals surface area contributed by atoms with Crippen LogP contribution < -0.4 is 20.1 Å². The second kappa shape index (κ2) is 10.2. The number of anilines is 2. The van der Waals surface area contributed by atoms with E-state index in [9.17, 15) is 17.6 Å². The summed E-state index contributed by atoms with van der Waals surface area (Å²) in [6, 6.07) is 17.2. The van der Waals surface area contributed by atoms with E-state index in [-0.39, 0.29) is 16.1 Å². The first-order valence-electron chi connectivity index (χ1n) is 10.6. The summed E-state index contributed by atoms with van der Waals surface area (Å²) in [6.45, 7) is 5.58. The standard InChI is InChI=1S/C25H28FN3O4S/c1-25(2,3)29-34(31,32)23-13-18(24(30)28-20-7-5-6-19(26)14-20)12-21(15-23)27-16-17-8-10-22(33-4)11-9-17/h5-15,27,29H,16H2,1-4H3,(H,28,30). The largest absolute Gasteiger partial charge is 0.497 e. The summed E-state index contributed by atoms with van der Waals surface area (Å²) in [7, 11) is -2.33. The van der Waals surface area contributed by atoms with Crippen molar-refractivity contribution in [3.63, 3.8) is 0 Å². The van der Waals surface area contributed by atoms with Crippen LogP contribution in [0.25, 0.3) is 0 Å². The summed E-state index contributed by atoms with van der Waals surface area (Å²) in [5.74, 6) is -0.335. The van der Waals surface area contributed by atoms with E-state index in [0.717, 1.165) is 11.3 Å². The molecule has 0 spiro atoms. The molecule has 0 aliphatic carbocycles. The normalized spacial score (nSPS) is 11.7. The van der Waals surface area contributed by atoms with Gasteiger partial charge in [0.1, 0.15) is 11.6 Å². The Bertz CT molecular complexity index is 1270. The number of carbonyl (C=O) groups excluding carboxylic acids is 1. The zero-order valence-corrected chi connectivity index (χ0v) is 20.3. The molecule has 0 fully saturated rings. The molecule has 0 aliphatic rings. The number of rotatable bonds is 8. The van der Waals surface area contributed by atoms with E-state index in [1.54, 1.807) is 40.0 Å². The van der Waals surface area contributed by atoms with E-state index < -0.39 is 27.3 Å². The van der Waals surface area contributed by atoms with Crippen molar-refractivity contribution >= 4 is 27.3 Å². The molecule has 3 rings (SSSR count). The second-order valence-corrected chi connectivity index (χ2v) is 10.5. The molecule has 3 aromatic carbocycles. The Morgan fingerprint density at radius 2 is 1.68 bits per heavy atom. The van der Waals surface area contributed by atoms with Gasteiger partial charge in [0.15, 0.2) is 0 Å². The van der Waals surface area contributed by atoms with Gasteiger partial charge in [-0.2, -0.15) is 0 Å². The monoisotopic (exact) mass is 485 g/mol. The summed E-state index contributed by atoms with van der Waals surface area (Å²) >= 11 is 0. The van der Waals surface area contributed by atoms with Gasteiger partial charge in [0.25, 0.3) is 5.91 Å². The number of hydrogen-bond donors (Lipinski definition) is 3. The SMILES string of the molecule is COc1ccc(CNc2cc(C(=O)Nc3cccc(F)c3)cc(S(=O)(=O)NC(C)(C)C)c2)cc1. The molecule has 0 saturated heterocycles. The van der Waals surface area contributed by atoms with Crippen molar-refractivity contribution in [1.82, 2.24) is 4.72 Å². The molecular formula is C25H28FN3O4S. The Kier molecular flexibility index (Phi) is 7.58. The van der Waals surface area contributed by atoms with Crippen LogP contribution in [0.2, 0.25) is 0 Å². The molecule has 0 bridgehead atoms. The lowest BCUT2D eigenvalue weighted by molar-refractivity contribution is 0.102. The molecule has 0 saturated carbocycles. The summed E-state index contributed by atoms with van der Waals surface area (Å²) in [4.78, 5) is 12.8. The molecule has 0 radical (unpaired) electrons. The Hall–Kier alpha value is -3.43. The predicted octanol–water partition coefficient (Wildman–Crippen LogP) is 4.78. The molecule has 0 aromatic heterocycles. The number of halogens is 1. The molecule has 180 valence electrons. The number of amides is 1. The summed E-state index contributed by atoms with van der Waals surface area (Å²) in [5, 5.41) is 5.77. The van der Waals surface area contributed by atoms with Crippen molar-refractivity contribution in [2.45, 2.75) is 37.8 Å². The van der Waals surface area contributed by atoms with Crippen LogP contribution in [0.4, 0.5) is 15.8 Å². The minimum atomic E-state index is -3.91. The Morgan fingerprint density at radius 1 is 0.971 bits per heavy atom. The first kappa shape index (κ1) is 25.2. The number of sulfonamides is 1. The first-order valence-corrected chi connectivity index (χ1v) is 12.1. The van der Waals surface area contributed by atoms with Gasteiger partial charge in [0.05, 0.1) is 12.0 Å². The van der Waals surface area contributed by atoms with E-state index in [4.69, 9.17) is 4.74 Å². The molecular weight excluding hydrogens is 457 g/mol. The molecule has 7 nitrogen and oxygen atoms in total. The molecule has 3 aromatic rings. The molecule has 34 heavy (non-hydrogen) atoms. The molecule has 0 aliphatic heterocycles.